The Balaban J connectivity index is -0.000000325. The molecule has 17 nitrogen and oxygen atoms in total. The van der Waals surface area contributed by atoms with Gasteiger partial charge in [0.2, 0.25) is 5.95 Å². The Morgan fingerprint density at radius 1 is 0.941 bits per heavy atom. The molecule has 5 aromatic rings. The van der Waals surface area contributed by atoms with Crippen molar-refractivity contribution < 1.29 is 62.7 Å². The van der Waals surface area contributed by atoms with Crippen molar-refractivity contribution in [2.24, 2.45) is 26.9 Å². The first-order valence-electron chi connectivity index (χ1n) is 14.7. The quantitative estimate of drug-likeness (QED) is 0.0361. The van der Waals surface area contributed by atoms with Gasteiger partial charge in [0, 0.05) is 110 Å². The standard InChI is InChI=1S/C15H23N7.C5H6N2O2.C5H8N2.C4H4N2O2.CH3I.CH3.Na.Pd.H2.H/c1-22-7-6-10(9-22)19-14-12(17)8-18-15(21-14)20-13-5-3-2-4-11(13)16;1-6-3-2-5(4-6)7(8)9;1-7-3-2-5(6)4-7;7-6(8)4-1-2-5-3-4;1-2;;;;;/h6-9,11,13H,2-5,16-17H2,1H3,(H2,18,19,20,21);2-4H,1H3;2-4H,6H2,1H3;1-3,5H;1H3;1H3;;;1H;/q;;;;;-1;+1;;;-1/t11-,13+;;;;;;;;;/m0........./s1. The van der Waals surface area contributed by atoms with Gasteiger partial charge in [-0.05, 0) is 29.9 Å². The number of nitrogens with zero attached hydrogens (tertiary/aromatic N) is 7. The van der Waals surface area contributed by atoms with E-state index in [1.54, 1.807) is 24.0 Å². The fraction of sp³-hybridized carbons (Fsp3) is 0.323. The van der Waals surface area contributed by atoms with E-state index in [9.17, 15) is 20.2 Å². The van der Waals surface area contributed by atoms with E-state index >= 15 is 0 Å². The molecule has 1 fully saturated rings. The molecule has 2 atom stereocenters. The second kappa shape index (κ2) is 26.3. The summed E-state index contributed by atoms with van der Waals surface area (Å²) in [7, 11) is 5.65. The van der Waals surface area contributed by atoms with Crippen LogP contribution < -0.4 is 57.4 Å². The summed E-state index contributed by atoms with van der Waals surface area (Å²) >= 11 is 2.15. The Bertz CT molecular complexity index is 1680. The molecular weight excluding hydrogens is 875 g/mol. The maximum atomic E-state index is 10.0. The van der Waals surface area contributed by atoms with Crippen LogP contribution in [-0.4, -0.2) is 55.5 Å². The normalized spacial score (nSPS) is 13.8. The first-order valence-corrected chi connectivity index (χ1v) is 16.9. The fourth-order valence-corrected chi connectivity index (χ4v) is 4.33. The number of aryl methyl sites for hydroxylation is 3. The molecule has 0 radical (unpaired) electrons. The second-order valence-corrected chi connectivity index (χ2v) is 10.6. The summed E-state index contributed by atoms with van der Waals surface area (Å²) < 4.78 is 5.51. The number of nitrogens with one attached hydrogen (secondary N) is 3. The first-order chi connectivity index (χ1) is 22.9. The zero-order valence-electron chi connectivity index (χ0n) is 30.7. The average Bonchev–Trinajstić information content (AvgIpc) is 3.88. The van der Waals surface area contributed by atoms with Gasteiger partial charge in [0.25, 0.3) is 11.4 Å². The van der Waals surface area contributed by atoms with Crippen LogP contribution in [0.15, 0.2) is 80.0 Å². The van der Waals surface area contributed by atoms with Crippen molar-refractivity contribution in [2.75, 3.05) is 27.0 Å². The summed E-state index contributed by atoms with van der Waals surface area (Å²) in [6.07, 6.45) is 19.7. The molecule has 5 heterocycles. The summed E-state index contributed by atoms with van der Waals surface area (Å²) in [5.41, 5.74) is 20.0. The number of H-pyrrole nitrogens is 1. The van der Waals surface area contributed by atoms with E-state index in [1.807, 2.05) is 65.1 Å². The van der Waals surface area contributed by atoms with E-state index in [1.165, 1.54) is 43.6 Å². The number of halogens is 1. The third-order valence-corrected chi connectivity index (χ3v) is 6.72. The van der Waals surface area contributed by atoms with Crippen LogP contribution in [0.4, 0.5) is 40.2 Å². The van der Waals surface area contributed by atoms with E-state index in [-0.39, 0.29) is 83.7 Å². The second-order valence-electron chi connectivity index (χ2n) is 10.6. The molecule has 0 amide bonds. The molecule has 0 aromatic carbocycles. The minimum absolute atomic E-state index is 0. The van der Waals surface area contributed by atoms with Crippen molar-refractivity contribution in [3.63, 3.8) is 0 Å². The SMILES string of the molecule is CI.Cn1ccc(N)c1.Cn1ccc(Nc2nc(N[C@@H]3CCCC[C@@H]3N)ncc2N)c1.Cn1ccc([N+](=O)[O-])c1.O=[N+]([O-])c1cc[nH]c1.[CH3-].[H-].[HH].[Na+].[Pd]. The van der Waals surface area contributed by atoms with Gasteiger partial charge in [0.15, 0.2) is 5.82 Å². The minimum atomic E-state index is -0.448. The number of nitrogens with two attached hydrogens (primary N) is 3. The molecule has 0 unspecified atom stereocenters. The van der Waals surface area contributed by atoms with Crippen LogP contribution in [0.2, 0.25) is 0 Å². The largest absolute Gasteiger partial charge is 1.00 e. The number of hydrogen-bond acceptors (Lipinski definition) is 11. The molecule has 0 aliphatic heterocycles. The van der Waals surface area contributed by atoms with Crippen LogP contribution in [0, 0.1) is 27.7 Å². The van der Waals surface area contributed by atoms with Gasteiger partial charge in [-0.25, -0.2) is 4.98 Å². The number of alkyl halides is 1. The molecule has 1 aliphatic rings. The number of nitrogen functional groups attached to an aromatic ring is 2. The van der Waals surface area contributed by atoms with Crippen molar-refractivity contribution >= 4 is 62.8 Å². The Hall–Kier alpha value is -3.45. The molecule has 1 saturated carbocycles. The van der Waals surface area contributed by atoms with Crippen molar-refractivity contribution in [1.82, 2.24) is 28.7 Å². The summed E-state index contributed by atoms with van der Waals surface area (Å²) in [4.78, 5) is 32.3. The van der Waals surface area contributed by atoms with Gasteiger partial charge in [-0.1, -0.05) is 35.4 Å². The molecule has 6 rings (SSSR count). The third-order valence-electron chi connectivity index (χ3n) is 6.72. The zero-order chi connectivity index (χ0) is 35.6. The maximum Gasteiger partial charge on any atom is 1.00 e. The number of aromatic nitrogens is 6. The molecule has 0 saturated heterocycles. The molecule has 5 aromatic heterocycles. The first kappa shape index (κ1) is 49.7. The third kappa shape index (κ3) is 18.6. The number of anilines is 5. The van der Waals surface area contributed by atoms with Crippen molar-refractivity contribution in [3.8, 4) is 0 Å². The molecule has 20 heteroatoms. The van der Waals surface area contributed by atoms with Gasteiger partial charge in [-0.2, -0.15) is 4.98 Å². The van der Waals surface area contributed by atoms with Crippen LogP contribution in [0.25, 0.3) is 0 Å². The summed E-state index contributed by atoms with van der Waals surface area (Å²) in [5.74, 6) is 1.17. The molecule has 9 N–H and O–H groups in total. The molecule has 282 valence electrons. The van der Waals surface area contributed by atoms with Gasteiger partial charge in [-0.15, -0.1) is 0 Å². The number of aromatic amines is 1. The smallest absolute Gasteiger partial charge is 1.00 e. The van der Waals surface area contributed by atoms with E-state index in [2.05, 4.69) is 48.2 Å². The Labute approximate surface area is 350 Å². The van der Waals surface area contributed by atoms with Gasteiger partial charge < -0.3 is 55.4 Å². The van der Waals surface area contributed by atoms with E-state index in [0.29, 0.717) is 17.5 Å². The number of nitro groups is 2. The van der Waals surface area contributed by atoms with Crippen LogP contribution in [0.1, 0.15) is 28.5 Å². The van der Waals surface area contributed by atoms with Crippen LogP contribution in [0.3, 0.4) is 0 Å². The van der Waals surface area contributed by atoms with Gasteiger partial charge in [0.1, 0.15) is 0 Å². The van der Waals surface area contributed by atoms with E-state index < -0.39 is 9.85 Å². The summed E-state index contributed by atoms with van der Waals surface area (Å²) in [6, 6.07) is 7.06. The van der Waals surface area contributed by atoms with E-state index in [0.717, 1.165) is 24.2 Å². The van der Waals surface area contributed by atoms with E-state index in [4.69, 9.17) is 17.2 Å². The van der Waals surface area contributed by atoms with Crippen LogP contribution >= 0.6 is 22.6 Å². The van der Waals surface area contributed by atoms with Gasteiger partial charge in [0.05, 0.1) is 39.8 Å². The zero-order valence-corrected chi connectivity index (χ0v) is 35.4. The monoisotopic (exact) mass is 924 g/mol. The van der Waals surface area contributed by atoms with Crippen molar-refractivity contribution in [3.05, 3.63) is 108 Å². The molecule has 0 bridgehead atoms. The molecule has 1 aliphatic carbocycles. The predicted molar refractivity (Wildman–Crippen MR) is 208 cm³/mol. The topological polar surface area (TPSA) is 245 Å². The number of rotatable bonds is 6. The van der Waals surface area contributed by atoms with Gasteiger partial charge >= 0.3 is 29.6 Å². The Kier molecular flexibility index (Phi) is 25.7. The van der Waals surface area contributed by atoms with Gasteiger partial charge in [-0.3, -0.25) is 20.2 Å². The molecular formula is C31H50IN13NaO4Pd-. The summed E-state index contributed by atoms with van der Waals surface area (Å²) in [6.45, 7) is 0. The molecule has 51 heavy (non-hydrogen) atoms. The number of hydrogen-bond donors (Lipinski definition) is 6. The van der Waals surface area contributed by atoms with Crippen molar-refractivity contribution in [1.29, 1.82) is 0 Å². The predicted octanol–water partition coefficient (Wildman–Crippen LogP) is 3.15. The molecule has 0 spiro atoms. The Morgan fingerprint density at radius 3 is 1.94 bits per heavy atom. The van der Waals surface area contributed by atoms with Crippen LogP contribution in [-0.2, 0) is 41.6 Å². The van der Waals surface area contributed by atoms with Crippen LogP contribution in [0.5, 0.6) is 0 Å². The Morgan fingerprint density at radius 2 is 1.53 bits per heavy atom. The minimum Gasteiger partial charge on any atom is -1.00 e. The average molecular weight is 925 g/mol. The fourth-order valence-electron chi connectivity index (χ4n) is 4.33. The van der Waals surface area contributed by atoms with Crippen molar-refractivity contribution in [2.45, 2.75) is 37.8 Å². The maximum absolute atomic E-state index is 10.0. The summed E-state index contributed by atoms with van der Waals surface area (Å²) in [5, 5.41) is 26.4.